The molecule has 0 spiro atoms. The maximum absolute atomic E-state index is 12.2. The number of methoxy groups -OCH3 is 2. The molecule has 0 saturated carbocycles. The minimum atomic E-state index is -0.606. The van der Waals surface area contributed by atoms with Crippen molar-refractivity contribution in [3.63, 3.8) is 0 Å². The lowest BCUT2D eigenvalue weighted by Gasteiger charge is -2.12. The van der Waals surface area contributed by atoms with Gasteiger partial charge in [-0.2, -0.15) is 0 Å². The van der Waals surface area contributed by atoms with Crippen LogP contribution in [0.15, 0.2) is 44.5 Å². The van der Waals surface area contributed by atoms with Crippen LogP contribution in [0.4, 0.5) is 0 Å². The highest BCUT2D eigenvalue weighted by Crippen LogP contribution is 2.37. The van der Waals surface area contributed by atoms with Gasteiger partial charge >= 0.3 is 5.63 Å². The first-order valence-corrected chi connectivity index (χ1v) is 8.97. The van der Waals surface area contributed by atoms with Gasteiger partial charge in [0.25, 0.3) is 0 Å². The maximum Gasteiger partial charge on any atom is 0.349 e. The first-order chi connectivity index (χ1) is 12.5. The first kappa shape index (κ1) is 18.1. The molecule has 7 heteroatoms. The molecule has 136 valence electrons. The summed E-state index contributed by atoms with van der Waals surface area (Å²) in [6.45, 7) is 2.13. The van der Waals surface area contributed by atoms with Crippen molar-refractivity contribution in [2.75, 3.05) is 26.5 Å². The summed E-state index contributed by atoms with van der Waals surface area (Å²) in [5.41, 5.74) is 0.728. The van der Waals surface area contributed by atoms with Gasteiger partial charge in [0, 0.05) is 34.9 Å². The molecule has 1 aromatic heterocycles. The fraction of sp³-hybridized carbons (Fsp3) is 0.263. The zero-order valence-electron chi connectivity index (χ0n) is 14.7. The lowest BCUT2D eigenvalue weighted by Crippen LogP contribution is -2.14. The van der Waals surface area contributed by atoms with Crippen molar-refractivity contribution in [3.05, 3.63) is 57.6 Å². The highest BCUT2D eigenvalue weighted by Gasteiger charge is 2.19. The normalized spacial score (nSPS) is 14.3. The third-order valence-corrected chi connectivity index (χ3v) is 4.92. The molecular formula is C19H19NO5S. The lowest BCUT2D eigenvalue weighted by molar-refractivity contribution is 0.393. The Hall–Kier alpha value is -2.67. The van der Waals surface area contributed by atoms with E-state index in [-0.39, 0.29) is 11.3 Å². The molecule has 0 unspecified atom stereocenters. The van der Waals surface area contributed by atoms with E-state index in [4.69, 9.17) is 13.9 Å². The summed E-state index contributed by atoms with van der Waals surface area (Å²) in [6.07, 6.45) is 1.78. The van der Waals surface area contributed by atoms with Gasteiger partial charge in [0.1, 0.15) is 28.6 Å². The van der Waals surface area contributed by atoms with E-state index in [0.717, 1.165) is 16.2 Å². The SMILES string of the molecule is COc1ccc(C2=CC(c3c(O)cc(C)oc3=O)=NCCS2)c(OC)c1. The second-order valence-electron chi connectivity index (χ2n) is 5.59. The van der Waals surface area contributed by atoms with E-state index in [2.05, 4.69) is 4.99 Å². The number of allylic oxidation sites excluding steroid dienone is 1. The van der Waals surface area contributed by atoms with Gasteiger partial charge in [-0.05, 0) is 25.1 Å². The molecule has 26 heavy (non-hydrogen) atoms. The Balaban J connectivity index is 2.11. The average Bonchev–Trinajstić information content (AvgIpc) is 2.86. The van der Waals surface area contributed by atoms with E-state index in [9.17, 15) is 9.90 Å². The van der Waals surface area contributed by atoms with Crippen LogP contribution in [-0.2, 0) is 0 Å². The molecule has 2 aromatic rings. The van der Waals surface area contributed by atoms with Crippen LogP contribution in [0.25, 0.3) is 4.91 Å². The quantitative estimate of drug-likeness (QED) is 0.886. The smallest absolute Gasteiger partial charge is 0.349 e. The van der Waals surface area contributed by atoms with Gasteiger partial charge in [0.2, 0.25) is 0 Å². The number of aryl methyl sites for hydroxylation is 1. The zero-order valence-corrected chi connectivity index (χ0v) is 15.6. The molecule has 2 heterocycles. The predicted octanol–water partition coefficient (Wildman–Crippen LogP) is 3.25. The average molecular weight is 373 g/mol. The Morgan fingerprint density at radius 3 is 2.73 bits per heavy atom. The molecule has 0 amide bonds. The Morgan fingerprint density at radius 2 is 2.04 bits per heavy atom. The predicted molar refractivity (Wildman–Crippen MR) is 103 cm³/mol. The molecule has 1 N–H and O–H groups in total. The van der Waals surface area contributed by atoms with Crippen molar-refractivity contribution in [1.82, 2.24) is 0 Å². The van der Waals surface area contributed by atoms with Gasteiger partial charge in [-0.25, -0.2) is 4.79 Å². The minimum absolute atomic E-state index is 0.0723. The summed E-state index contributed by atoms with van der Waals surface area (Å²) in [5, 5.41) is 10.2. The van der Waals surface area contributed by atoms with E-state index < -0.39 is 5.63 Å². The van der Waals surface area contributed by atoms with Crippen LogP contribution in [0.1, 0.15) is 16.9 Å². The van der Waals surface area contributed by atoms with Crippen LogP contribution < -0.4 is 15.1 Å². The van der Waals surface area contributed by atoms with E-state index in [1.807, 2.05) is 12.1 Å². The molecule has 0 saturated heterocycles. The highest BCUT2D eigenvalue weighted by atomic mass is 32.2. The van der Waals surface area contributed by atoms with Crippen molar-refractivity contribution >= 4 is 22.4 Å². The second-order valence-corrected chi connectivity index (χ2v) is 6.73. The summed E-state index contributed by atoms with van der Waals surface area (Å²) in [5.74, 6) is 2.30. The molecule has 1 aliphatic heterocycles. The van der Waals surface area contributed by atoms with Gasteiger partial charge < -0.3 is 19.0 Å². The van der Waals surface area contributed by atoms with Crippen LogP contribution >= 0.6 is 11.8 Å². The third-order valence-electron chi connectivity index (χ3n) is 3.88. The van der Waals surface area contributed by atoms with E-state index in [0.29, 0.717) is 29.5 Å². The lowest BCUT2D eigenvalue weighted by atomic mass is 10.1. The number of benzene rings is 1. The number of hydrogen-bond acceptors (Lipinski definition) is 7. The van der Waals surface area contributed by atoms with Crippen LogP contribution in [0.5, 0.6) is 17.2 Å². The monoisotopic (exact) mass is 373 g/mol. The van der Waals surface area contributed by atoms with E-state index in [1.54, 1.807) is 45.0 Å². The van der Waals surface area contributed by atoms with Crippen LogP contribution in [0, 0.1) is 6.92 Å². The molecular weight excluding hydrogens is 354 g/mol. The van der Waals surface area contributed by atoms with Crippen LogP contribution in [0.3, 0.4) is 0 Å². The summed E-state index contributed by atoms with van der Waals surface area (Å²) in [6, 6.07) is 6.96. The number of rotatable bonds is 4. The summed E-state index contributed by atoms with van der Waals surface area (Å²) < 4.78 is 15.8. The third kappa shape index (κ3) is 3.62. The fourth-order valence-electron chi connectivity index (χ4n) is 2.67. The zero-order chi connectivity index (χ0) is 18.7. The number of ether oxygens (including phenoxy) is 2. The fourth-order valence-corrected chi connectivity index (χ4v) is 3.60. The van der Waals surface area contributed by atoms with Gasteiger partial charge in [-0.15, -0.1) is 11.8 Å². The summed E-state index contributed by atoms with van der Waals surface area (Å²) in [7, 11) is 3.19. The first-order valence-electron chi connectivity index (χ1n) is 7.99. The largest absolute Gasteiger partial charge is 0.507 e. The summed E-state index contributed by atoms with van der Waals surface area (Å²) in [4.78, 5) is 17.6. The van der Waals surface area contributed by atoms with Gasteiger partial charge in [0.15, 0.2) is 0 Å². The molecule has 6 nitrogen and oxygen atoms in total. The molecule has 0 bridgehead atoms. The number of thioether (sulfide) groups is 1. The number of nitrogens with zero attached hydrogens (tertiary/aromatic N) is 1. The van der Waals surface area contributed by atoms with E-state index in [1.165, 1.54) is 6.07 Å². The molecule has 0 atom stereocenters. The van der Waals surface area contributed by atoms with Crippen LogP contribution in [0.2, 0.25) is 0 Å². The number of hydrogen-bond donors (Lipinski definition) is 1. The van der Waals surface area contributed by atoms with Crippen molar-refractivity contribution in [1.29, 1.82) is 0 Å². The standard InChI is InChI=1S/C19H19NO5S/c1-11-8-15(21)18(19(22)25-11)14-10-17(26-7-6-20-14)13-5-4-12(23-2)9-16(13)24-3/h4-5,8-10,21H,6-7H2,1-3H3. The summed E-state index contributed by atoms with van der Waals surface area (Å²) >= 11 is 1.60. The molecule has 0 fully saturated rings. The Kier molecular flexibility index (Phi) is 5.37. The number of aromatic hydroxyl groups is 1. The molecule has 1 aromatic carbocycles. The molecule has 1 aliphatic rings. The maximum atomic E-state index is 12.2. The van der Waals surface area contributed by atoms with Crippen molar-refractivity contribution < 1.29 is 19.0 Å². The molecule has 0 aliphatic carbocycles. The van der Waals surface area contributed by atoms with Gasteiger partial charge in [0.05, 0.1) is 19.9 Å². The van der Waals surface area contributed by atoms with Crippen molar-refractivity contribution in [2.24, 2.45) is 4.99 Å². The number of aliphatic imine (C=N–C) groups is 1. The Labute approximate surface area is 155 Å². The van der Waals surface area contributed by atoms with Gasteiger partial charge in [-0.1, -0.05) is 0 Å². The van der Waals surface area contributed by atoms with E-state index >= 15 is 0 Å². The minimum Gasteiger partial charge on any atom is -0.507 e. The Morgan fingerprint density at radius 1 is 1.23 bits per heavy atom. The highest BCUT2D eigenvalue weighted by molar-refractivity contribution is 8.08. The Bertz CT molecular complexity index is 945. The van der Waals surface area contributed by atoms with Gasteiger partial charge in [-0.3, -0.25) is 4.99 Å². The van der Waals surface area contributed by atoms with Crippen LogP contribution in [-0.4, -0.2) is 37.3 Å². The second kappa shape index (κ2) is 7.70. The topological polar surface area (TPSA) is 81.3 Å². The molecule has 3 rings (SSSR count). The molecule has 0 radical (unpaired) electrons. The van der Waals surface area contributed by atoms with Crippen molar-refractivity contribution in [3.8, 4) is 17.2 Å². The van der Waals surface area contributed by atoms with Crippen molar-refractivity contribution in [2.45, 2.75) is 6.92 Å².